The maximum absolute atomic E-state index is 13.3. The van der Waals surface area contributed by atoms with Crippen molar-refractivity contribution in [1.82, 2.24) is 24.5 Å². The van der Waals surface area contributed by atoms with Gasteiger partial charge in [-0.15, -0.1) is 0 Å². The summed E-state index contributed by atoms with van der Waals surface area (Å²) in [5.74, 6) is 0.341. The van der Waals surface area contributed by atoms with Gasteiger partial charge in [-0.25, -0.2) is 4.39 Å². The molecule has 1 aromatic heterocycles. The van der Waals surface area contributed by atoms with Gasteiger partial charge in [-0.2, -0.15) is 5.10 Å². The third-order valence-electron chi connectivity index (χ3n) is 7.01. The molecule has 1 aromatic carbocycles. The lowest BCUT2D eigenvalue weighted by molar-refractivity contribution is -0.158. The van der Waals surface area contributed by atoms with Crippen LogP contribution in [0.25, 0.3) is 0 Å². The van der Waals surface area contributed by atoms with Gasteiger partial charge < -0.3 is 19.3 Å². The Kier molecular flexibility index (Phi) is 7.54. The number of amides is 1. The highest BCUT2D eigenvalue weighted by molar-refractivity contribution is 5.77. The summed E-state index contributed by atoms with van der Waals surface area (Å²) in [6.45, 7) is 10.1. The van der Waals surface area contributed by atoms with Gasteiger partial charge in [-0.1, -0.05) is 0 Å². The van der Waals surface area contributed by atoms with Crippen LogP contribution >= 0.6 is 0 Å². The highest BCUT2D eigenvalue weighted by Gasteiger charge is 2.41. The molecular weight excluding hydrogens is 437 g/mol. The number of ether oxygens (including phenoxy) is 2. The Balaban J connectivity index is 1.50. The number of piperazine rings is 1. The zero-order chi connectivity index (χ0) is 24.3. The van der Waals surface area contributed by atoms with Crippen LogP contribution in [0.4, 0.5) is 4.39 Å². The molecule has 0 saturated carbocycles. The van der Waals surface area contributed by atoms with Crippen molar-refractivity contribution in [1.29, 1.82) is 0 Å². The van der Waals surface area contributed by atoms with Crippen LogP contribution in [0.5, 0.6) is 5.75 Å². The van der Waals surface area contributed by atoms with Gasteiger partial charge in [0.2, 0.25) is 5.91 Å². The molecule has 1 atom stereocenters. The molecule has 2 aromatic rings. The fourth-order valence-electron chi connectivity index (χ4n) is 4.76. The van der Waals surface area contributed by atoms with E-state index in [4.69, 9.17) is 9.47 Å². The van der Waals surface area contributed by atoms with E-state index in [2.05, 4.69) is 28.9 Å². The van der Waals surface area contributed by atoms with Crippen LogP contribution < -0.4 is 4.74 Å². The lowest BCUT2D eigenvalue weighted by Gasteiger charge is -2.43. The van der Waals surface area contributed by atoms with Gasteiger partial charge >= 0.3 is 0 Å². The number of carbonyl (C=O) groups is 1. The summed E-state index contributed by atoms with van der Waals surface area (Å²) >= 11 is 0. The van der Waals surface area contributed by atoms with Crippen LogP contribution in [0.1, 0.15) is 23.4 Å². The van der Waals surface area contributed by atoms with Crippen LogP contribution in [0, 0.1) is 19.7 Å². The number of rotatable bonds is 7. The van der Waals surface area contributed by atoms with E-state index in [1.54, 1.807) is 12.1 Å². The first-order chi connectivity index (χ1) is 16.2. The fraction of sp³-hybridized carbons (Fsp3) is 0.600. The number of likely N-dealkylation sites (N-methyl/N-ethyl adjacent to an activating group) is 1. The number of aromatic nitrogens is 2. The minimum absolute atomic E-state index is 0.0893. The molecule has 2 aliphatic heterocycles. The lowest BCUT2D eigenvalue weighted by Crippen LogP contribution is -2.58. The number of hydrogen-bond acceptors (Lipinski definition) is 6. The Labute approximate surface area is 201 Å². The molecule has 8 nitrogen and oxygen atoms in total. The van der Waals surface area contributed by atoms with E-state index in [0.717, 1.165) is 50.7 Å². The molecule has 2 fully saturated rings. The van der Waals surface area contributed by atoms with Gasteiger partial charge in [0.25, 0.3) is 0 Å². The molecule has 0 N–H and O–H groups in total. The predicted molar refractivity (Wildman–Crippen MR) is 127 cm³/mol. The SMILES string of the molecule is Cc1nn(C)c(C)c1CN1CCO[C@@](COc2ccc(F)cc2)(CC(=O)N2CCN(C)CC2)C1. The molecule has 34 heavy (non-hydrogen) atoms. The van der Waals surface area contributed by atoms with Crippen molar-refractivity contribution >= 4 is 5.91 Å². The predicted octanol–water partition coefficient (Wildman–Crippen LogP) is 1.99. The Morgan fingerprint density at radius 2 is 1.82 bits per heavy atom. The zero-order valence-corrected chi connectivity index (χ0v) is 20.7. The average Bonchev–Trinajstić information content (AvgIpc) is 3.05. The van der Waals surface area contributed by atoms with E-state index >= 15 is 0 Å². The minimum Gasteiger partial charge on any atom is -0.491 e. The normalized spacial score (nSPS) is 22.2. The van der Waals surface area contributed by atoms with E-state index in [1.807, 2.05) is 23.6 Å². The standard InChI is InChI=1S/C25H36FN5O3/c1-19-23(20(2)29(4)27-19)16-30-13-14-34-25(17-30,18-33-22-7-5-21(26)6-8-22)15-24(32)31-11-9-28(3)10-12-31/h5-8H,9-18H2,1-4H3/t25-/m0/s1. The number of benzene rings is 1. The van der Waals surface area contributed by atoms with E-state index in [9.17, 15) is 9.18 Å². The first-order valence-electron chi connectivity index (χ1n) is 11.9. The van der Waals surface area contributed by atoms with Crippen molar-refractivity contribution in [2.45, 2.75) is 32.4 Å². The van der Waals surface area contributed by atoms with Crippen LogP contribution in [-0.2, 0) is 23.1 Å². The number of nitrogens with zero attached hydrogens (tertiary/aromatic N) is 5. The molecule has 2 saturated heterocycles. The Bertz CT molecular complexity index is 987. The topological polar surface area (TPSA) is 63.1 Å². The number of halogens is 1. The number of hydrogen-bond donors (Lipinski definition) is 0. The highest BCUT2D eigenvalue weighted by atomic mass is 19.1. The quantitative estimate of drug-likeness (QED) is 0.613. The third kappa shape index (κ3) is 5.76. The molecule has 4 rings (SSSR count). The van der Waals surface area contributed by atoms with Crippen LogP contribution in [0.3, 0.4) is 0 Å². The monoisotopic (exact) mass is 473 g/mol. The zero-order valence-electron chi connectivity index (χ0n) is 20.7. The minimum atomic E-state index is -0.781. The van der Waals surface area contributed by atoms with Crippen molar-refractivity contribution in [2.75, 3.05) is 59.5 Å². The van der Waals surface area contributed by atoms with Gasteiger partial charge in [-0.05, 0) is 45.2 Å². The van der Waals surface area contributed by atoms with Crippen LogP contribution in [0.15, 0.2) is 24.3 Å². The fourth-order valence-corrected chi connectivity index (χ4v) is 4.76. The summed E-state index contributed by atoms with van der Waals surface area (Å²) in [5.41, 5.74) is 2.60. The summed E-state index contributed by atoms with van der Waals surface area (Å²) in [5, 5.41) is 4.55. The summed E-state index contributed by atoms with van der Waals surface area (Å²) < 4.78 is 27.6. The number of aryl methyl sites for hydroxylation is 2. The number of carbonyl (C=O) groups excluding carboxylic acids is 1. The molecule has 186 valence electrons. The summed E-state index contributed by atoms with van der Waals surface area (Å²) in [6.07, 6.45) is 0.249. The van der Waals surface area contributed by atoms with Crippen molar-refractivity contribution in [3.8, 4) is 5.75 Å². The molecule has 2 aliphatic rings. The van der Waals surface area contributed by atoms with Gasteiger partial charge in [-0.3, -0.25) is 14.4 Å². The maximum Gasteiger partial charge on any atom is 0.225 e. The average molecular weight is 474 g/mol. The van der Waals surface area contributed by atoms with E-state index < -0.39 is 5.60 Å². The Morgan fingerprint density at radius 1 is 1.12 bits per heavy atom. The molecule has 0 unspecified atom stereocenters. The van der Waals surface area contributed by atoms with Gasteiger partial charge in [0.1, 0.15) is 23.8 Å². The lowest BCUT2D eigenvalue weighted by atomic mass is 9.96. The van der Waals surface area contributed by atoms with Crippen molar-refractivity contribution in [2.24, 2.45) is 7.05 Å². The van der Waals surface area contributed by atoms with Crippen molar-refractivity contribution < 1.29 is 18.7 Å². The second-order valence-corrected chi connectivity index (χ2v) is 9.62. The first-order valence-corrected chi connectivity index (χ1v) is 11.9. The van der Waals surface area contributed by atoms with Crippen molar-refractivity contribution in [3.05, 3.63) is 47.0 Å². The molecule has 3 heterocycles. The Morgan fingerprint density at radius 3 is 2.47 bits per heavy atom. The third-order valence-corrected chi connectivity index (χ3v) is 7.01. The molecular formula is C25H36FN5O3. The second-order valence-electron chi connectivity index (χ2n) is 9.62. The van der Waals surface area contributed by atoms with Crippen LogP contribution in [-0.4, -0.2) is 95.5 Å². The molecule has 0 radical (unpaired) electrons. The van der Waals surface area contributed by atoms with Crippen LogP contribution in [0.2, 0.25) is 0 Å². The Hall–Kier alpha value is -2.49. The molecule has 0 bridgehead atoms. The molecule has 0 aliphatic carbocycles. The van der Waals surface area contributed by atoms with Gasteiger partial charge in [0.05, 0.1) is 18.7 Å². The number of morpholine rings is 1. The van der Waals surface area contributed by atoms with Gasteiger partial charge in [0, 0.05) is 64.1 Å². The van der Waals surface area contributed by atoms with Crippen molar-refractivity contribution in [3.63, 3.8) is 0 Å². The second kappa shape index (κ2) is 10.4. The van der Waals surface area contributed by atoms with E-state index in [0.29, 0.717) is 18.9 Å². The summed E-state index contributed by atoms with van der Waals surface area (Å²) in [4.78, 5) is 19.8. The maximum atomic E-state index is 13.3. The van der Waals surface area contributed by atoms with Gasteiger partial charge in [0.15, 0.2) is 0 Å². The van der Waals surface area contributed by atoms with E-state index in [1.165, 1.54) is 17.7 Å². The summed E-state index contributed by atoms with van der Waals surface area (Å²) in [7, 11) is 4.03. The molecule has 9 heteroatoms. The smallest absolute Gasteiger partial charge is 0.225 e. The summed E-state index contributed by atoms with van der Waals surface area (Å²) in [6, 6.07) is 5.96. The highest BCUT2D eigenvalue weighted by Crippen LogP contribution is 2.27. The first kappa shape index (κ1) is 24.6. The molecule has 0 spiro atoms. The molecule has 1 amide bonds. The largest absolute Gasteiger partial charge is 0.491 e. The van der Waals surface area contributed by atoms with E-state index in [-0.39, 0.29) is 24.8 Å².